The quantitative estimate of drug-likeness (QED) is 0.509. The van der Waals surface area contributed by atoms with Crippen LogP contribution in [-0.4, -0.2) is 42.6 Å². The van der Waals surface area contributed by atoms with Gasteiger partial charge in [-0.25, -0.2) is 0 Å². The van der Waals surface area contributed by atoms with Gasteiger partial charge in [0.1, 0.15) is 5.84 Å². The minimum absolute atomic E-state index is 0.0317. The van der Waals surface area contributed by atoms with Gasteiger partial charge in [0.25, 0.3) is 0 Å². The molecule has 2 unspecified atom stereocenters. The van der Waals surface area contributed by atoms with Crippen LogP contribution >= 0.6 is 0 Å². The Morgan fingerprint density at radius 3 is 2.86 bits per heavy atom. The Morgan fingerprint density at radius 2 is 2.43 bits per heavy atom. The van der Waals surface area contributed by atoms with Crippen LogP contribution < -0.4 is 5.73 Å². The van der Waals surface area contributed by atoms with Crippen molar-refractivity contribution in [3.63, 3.8) is 0 Å². The van der Waals surface area contributed by atoms with Crippen LogP contribution in [0.15, 0.2) is 0 Å². The number of rotatable bonds is 5. The number of hydrogen-bond donors (Lipinski definition) is 2. The van der Waals surface area contributed by atoms with Gasteiger partial charge in [-0.15, -0.1) is 0 Å². The Balaban J connectivity index is 2.40. The fourth-order valence-electron chi connectivity index (χ4n) is 1.81. The topological polar surface area (TPSA) is 62.3 Å². The first-order valence-corrected chi connectivity index (χ1v) is 5.34. The molecule has 0 bridgehead atoms. The molecule has 3 N–H and O–H groups in total. The molecule has 1 fully saturated rings. The molecule has 2 atom stereocenters. The summed E-state index contributed by atoms with van der Waals surface area (Å²) in [6.45, 7) is 6.77. The van der Waals surface area contributed by atoms with Crippen molar-refractivity contribution in [2.24, 2.45) is 5.73 Å². The maximum Gasteiger partial charge on any atom is 0.108 e. The van der Waals surface area contributed by atoms with E-state index in [-0.39, 0.29) is 11.9 Å². The standard InChI is InChI=1S/C10H21N3O/c1-3-13(8(2)10(11)12)7-9-5-4-6-14-9/h8-9H,3-7H2,1-2H3,(H3,11,12). The minimum atomic E-state index is 0.0317. The van der Waals surface area contributed by atoms with Crippen LogP contribution in [0.5, 0.6) is 0 Å². The predicted molar refractivity (Wildman–Crippen MR) is 57.6 cm³/mol. The van der Waals surface area contributed by atoms with Crippen molar-refractivity contribution in [3.05, 3.63) is 0 Å². The zero-order chi connectivity index (χ0) is 10.6. The molecular weight excluding hydrogens is 178 g/mol. The molecule has 0 aromatic rings. The molecule has 0 radical (unpaired) electrons. The lowest BCUT2D eigenvalue weighted by molar-refractivity contribution is 0.0705. The lowest BCUT2D eigenvalue weighted by atomic mass is 10.2. The van der Waals surface area contributed by atoms with Crippen molar-refractivity contribution in [1.29, 1.82) is 5.41 Å². The van der Waals surface area contributed by atoms with Crippen LogP contribution in [0.25, 0.3) is 0 Å². The molecule has 0 aliphatic carbocycles. The summed E-state index contributed by atoms with van der Waals surface area (Å²) in [5.74, 6) is 0.241. The smallest absolute Gasteiger partial charge is 0.108 e. The summed E-state index contributed by atoms with van der Waals surface area (Å²) in [6.07, 6.45) is 2.65. The Hall–Kier alpha value is -0.610. The number of nitrogens with two attached hydrogens (primary N) is 1. The number of amidine groups is 1. The Bertz CT molecular complexity index is 190. The Morgan fingerprint density at radius 1 is 1.71 bits per heavy atom. The van der Waals surface area contributed by atoms with E-state index in [9.17, 15) is 0 Å². The van der Waals surface area contributed by atoms with E-state index in [1.807, 2.05) is 6.92 Å². The number of hydrogen-bond acceptors (Lipinski definition) is 3. The summed E-state index contributed by atoms with van der Waals surface area (Å²) in [5.41, 5.74) is 5.49. The van der Waals surface area contributed by atoms with Gasteiger partial charge in [-0.05, 0) is 26.3 Å². The first-order chi connectivity index (χ1) is 6.65. The second-order valence-corrected chi connectivity index (χ2v) is 3.85. The third-order valence-electron chi connectivity index (χ3n) is 2.87. The average molecular weight is 199 g/mol. The van der Waals surface area contributed by atoms with Gasteiger partial charge in [0.15, 0.2) is 0 Å². The summed E-state index contributed by atoms with van der Waals surface area (Å²) in [4.78, 5) is 2.19. The number of ether oxygens (including phenoxy) is 1. The van der Waals surface area contributed by atoms with Gasteiger partial charge in [0.2, 0.25) is 0 Å². The highest BCUT2D eigenvalue weighted by Crippen LogP contribution is 2.14. The van der Waals surface area contributed by atoms with Crippen molar-refractivity contribution in [3.8, 4) is 0 Å². The third kappa shape index (κ3) is 2.96. The maximum absolute atomic E-state index is 7.40. The molecule has 0 spiro atoms. The molecule has 1 saturated heterocycles. The number of nitrogens with one attached hydrogen (secondary N) is 1. The van der Waals surface area contributed by atoms with E-state index in [1.54, 1.807) is 0 Å². The largest absolute Gasteiger partial charge is 0.386 e. The second kappa shape index (κ2) is 5.32. The summed E-state index contributed by atoms with van der Waals surface area (Å²) in [7, 11) is 0. The van der Waals surface area contributed by atoms with Gasteiger partial charge in [-0.1, -0.05) is 6.92 Å². The molecule has 0 aromatic carbocycles. The highest BCUT2D eigenvalue weighted by Gasteiger charge is 2.22. The van der Waals surface area contributed by atoms with Crippen LogP contribution in [0.4, 0.5) is 0 Å². The van der Waals surface area contributed by atoms with Gasteiger partial charge in [-0.2, -0.15) is 0 Å². The van der Waals surface area contributed by atoms with E-state index < -0.39 is 0 Å². The van der Waals surface area contributed by atoms with Crippen molar-refractivity contribution < 1.29 is 4.74 Å². The molecule has 0 amide bonds. The van der Waals surface area contributed by atoms with Crippen LogP contribution in [0.1, 0.15) is 26.7 Å². The SMILES string of the molecule is CCN(CC1CCCO1)C(C)C(=N)N. The molecule has 1 heterocycles. The zero-order valence-corrected chi connectivity index (χ0v) is 9.12. The van der Waals surface area contributed by atoms with Crippen molar-refractivity contribution >= 4 is 5.84 Å². The molecule has 4 heteroatoms. The van der Waals surface area contributed by atoms with Gasteiger partial charge in [-0.3, -0.25) is 10.3 Å². The fraction of sp³-hybridized carbons (Fsp3) is 0.900. The summed E-state index contributed by atoms with van der Waals surface area (Å²) in [5, 5.41) is 7.40. The van der Waals surface area contributed by atoms with Crippen LogP contribution in [-0.2, 0) is 4.74 Å². The second-order valence-electron chi connectivity index (χ2n) is 3.85. The zero-order valence-electron chi connectivity index (χ0n) is 9.12. The van der Waals surface area contributed by atoms with E-state index in [4.69, 9.17) is 15.9 Å². The number of likely N-dealkylation sites (N-methyl/N-ethyl adjacent to an activating group) is 1. The summed E-state index contributed by atoms with van der Waals surface area (Å²) in [6, 6.07) is 0.0317. The lowest BCUT2D eigenvalue weighted by Gasteiger charge is -2.28. The van der Waals surface area contributed by atoms with Crippen molar-refractivity contribution in [2.75, 3.05) is 19.7 Å². The first-order valence-electron chi connectivity index (χ1n) is 5.34. The maximum atomic E-state index is 7.40. The van der Waals surface area contributed by atoms with E-state index in [0.717, 1.165) is 32.5 Å². The number of nitrogens with zero attached hydrogens (tertiary/aromatic N) is 1. The van der Waals surface area contributed by atoms with Crippen LogP contribution in [0.2, 0.25) is 0 Å². The minimum Gasteiger partial charge on any atom is -0.386 e. The highest BCUT2D eigenvalue weighted by atomic mass is 16.5. The van der Waals surface area contributed by atoms with Gasteiger partial charge in [0.05, 0.1) is 12.1 Å². The van der Waals surface area contributed by atoms with Crippen molar-refractivity contribution in [2.45, 2.75) is 38.8 Å². The van der Waals surface area contributed by atoms with Crippen LogP contribution in [0.3, 0.4) is 0 Å². The fourth-order valence-corrected chi connectivity index (χ4v) is 1.81. The van der Waals surface area contributed by atoms with Crippen LogP contribution in [0, 0.1) is 5.41 Å². The molecule has 82 valence electrons. The molecule has 1 aliphatic heterocycles. The van der Waals surface area contributed by atoms with Gasteiger partial charge in [0, 0.05) is 13.2 Å². The highest BCUT2D eigenvalue weighted by molar-refractivity contribution is 5.82. The van der Waals surface area contributed by atoms with E-state index in [1.165, 1.54) is 0 Å². The van der Waals surface area contributed by atoms with Gasteiger partial charge >= 0.3 is 0 Å². The molecule has 0 saturated carbocycles. The third-order valence-corrected chi connectivity index (χ3v) is 2.87. The molecule has 0 aromatic heterocycles. The van der Waals surface area contributed by atoms with Crippen molar-refractivity contribution in [1.82, 2.24) is 4.90 Å². The predicted octanol–water partition coefficient (Wildman–Crippen LogP) is 0.812. The summed E-state index contributed by atoms with van der Waals surface area (Å²) < 4.78 is 5.56. The molecule has 1 rings (SSSR count). The van der Waals surface area contributed by atoms with E-state index in [0.29, 0.717) is 6.10 Å². The molecule has 14 heavy (non-hydrogen) atoms. The Kier molecular flexibility index (Phi) is 4.35. The normalized spacial score (nSPS) is 24.1. The monoisotopic (exact) mass is 199 g/mol. The average Bonchev–Trinajstić information content (AvgIpc) is 2.65. The lowest BCUT2D eigenvalue weighted by Crippen LogP contribution is -2.45. The molecule has 1 aliphatic rings. The Labute approximate surface area is 85.9 Å². The first kappa shape index (κ1) is 11.5. The van der Waals surface area contributed by atoms with E-state index >= 15 is 0 Å². The molecular formula is C10H21N3O. The van der Waals surface area contributed by atoms with Gasteiger partial charge < -0.3 is 10.5 Å². The molecule has 4 nitrogen and oxygen atoms in total. The summed E-state index contributed by atoms with van der Waals surface area (Å²) >= 11 is 0. The van der Waals surface area contributed by atoms with E-state index in [2.05, 4.69) is 11.8 Å².